The van der Waals surface area contributed by atoms with Gasteiger partial charge in [-0.05, 0) is 24.5 Å². The second-order valence-corrected chi connectivity index (χ2v) is 8.64. The average Bonchev–Trinajstić information content (AvgIpc) is 3.26. The van der Waals surface area contributed by atoms with E-state index in [1.165, 1.54) is 22.0 Å². The first-order valence-electron chi connectivity index (χ1n) is 10.1. The van der Waals surface area contributed by atoms with Gasteiger partial charge < -0.3 is 14.2 Å². The van der Waals surface area contributed by atoms with Crippen molar-refractivity contribution >= 4 is 27.6 Å². The zero-order chi connectivity index (χ0) is 19.0. The van der Waals surface area contributed by atoms with Crippen molar-refractivity contribution in [1.29, 1.82) is 0 Å². The molecule has 0 N–H and O–H groups in total. The molecule has 2 aromatic carbocycles. The van der Waals surface area contributed by atoms with Crippen LogP contribution in [0.2, 0.25) is 0 Å². The highest BCUT2D eigenvalue weighted by atomic mass is 16.3. The maximum Gasteiger partial charge on any atom is 0.159 e. The van der Waals surface area contributed by atoms with Crippen LogP contribution in [0.4, 0.5) is 5.69 Å². The van der Waals surface area contributed by atoms with Gasteiger partial charge in [0, 0.05) is 41.1 Å². The molecule has 2 aliphatic heterocycles. The zero-order valence-electron chi connectivity index (χ0n) is 16.9. The predicted molar refractivity (Wildman–Crippen MR) is 113 cm³/mol. The molecule has 0 radical (unpaired) electrons. The first-order chi connectivity index (χ1) is 13.0. The first kappa shape index (κ1) is 16.7. The van der Waals surface area contributed by atoms with Crippen LogP contribution in [-0.4, -0.2) is 18.1 Å². The van der Waals surface area contributed by atoms with Crippen LogP contribution in [-0.2, 0) is 5.41 Å². The van der Waals surface area contributed by atoms with E-state index in [1.54, 1.807) is 0 Å². The van der Waals surface area contributed by atoms with Crippen molar-refractivity contribution in [3.63, 3.8) is 0 Å². The molecule has 5 rings (SSSR count). The monoisotopic (exact) mass is 360 g/mol. The van der Waals surface area contributed by atoms with Gasteiger partial charge in [0.2, 0.25) is 0 Å². The van der Waals surface area contributed by atoms with Gasteiger partial charge in [0.05, 0.1) is 5.69 Å². The molecule has 3 nitrogen and oxygen atoms in total. The van der Waals surface area contributed by atoms with Gasteiger partial charge >= 0.3 is 0 Å². The molecular weight excluding hydrogens is 332 g/mol. The largest absolute Gasteiger partial charge is 0.454 e. The average molecular weight is 361 g/mol. The summed E-state index contributed by atoms with van der Waals surface area (Å²) in [6.45, 7) is 9.58. The van der Waals surface area contributed by atoms with E-state index in [0.717, 1.165) is 24.0 Å². The van der Waals surface area contributed by atoms with Crippen LogP contribution < -0.4 is 4.90 Å². The minimum absolute atomic E-state index is 0.0751. The fourth-order valence-corrected chi connectivity index (χ4v) is 5.73. The molecule has 0 saturated carbocycles. The second-order valence-electron chi connectivity index (χ2n) is 8.64. The molecule has 3 atom stereocenters. The molecule has 0 bridgehead atoms. The lowest BCUT2D eigenvalue weighted by atomic mass is 9.55. The molecule has 3 heterocycles. The maximum absolute atomic E-state index is 6.44. The van der Waals surface area contributed by atoms with Crippen LogP contribution in [0.25, 0.3) is 21.9 Å². The summed E-state index contributed by atoms with van der Waals surface area (Å²) >= 11 is 0. The summed E-state index contributed by atoms with van der Waals surface area (Å²) in [7, 11) is 2.20. The number of para-hydroxylation sites is 1. The molecule has 0 saturated heterocycles. The van der Waals surface area contributed by atoms with E-state index in [4.69, 9.17) is 4.42 Å². The number of rotatable bonds is 2. The Kier molecular flexibility index (Phi) is 3.29. The molecular formula is C24H28N2O. The van der Waals surface area contributed by atoms with Gasteiger partial charge in [0.25, 0.3) is 0 Å². The van der Waals surface area contributed by atoms with Crippen LogP contribution in [0.3, 0.4) is 0 Å². The quantitative estimate of drug-likeness (QED) is 0.540. The lowest BCUT2D eigenvalue weighted by Gasteiger charge is -2.58. The Bertz CT molecular complexity index is 1080. The lowest BCUT2D eigenvalue weighted by molar-refractivity contribution is 0.0397. The molecule has 2 aliphatic rings. The molecule has 0 spiro atoms. The van der Waals surface area contributed by atoms with E-state index in [0.29, 0.717) is 6.17 Å². The summed E-state index contributed by atoms with van der Waals surface area (Å²) in [5.74, 6) is 0. The van der Waals surface area contributed by atoms with Crippen molar-refractivity contribution in [2.75, 3.05) is 11.9 Å². The first-order valence-corrected chi connectivity index (χ1v) is 10.1. The summed E-state index contributed by atoms with van der Waals surface area (Å²) in [5, 5.41) is 2.41. The minimum Gasteiger partial charge on any atom is -0.454 e. The van der Waals surface area contributed by atoms with Gasteiger partial charge in [-0.1, -0.05) is 58.0 Å². The highest BCUT2D eigenvalue weighted by molar-refractivity contribution is 6.10. The Morgan fingerprint density at radius 1 is 0.963 bits per heavy atom. The third-order valence-corrected chi connectivity index (χ3v) is 7.76. The lowest BCUT2D eigenvalue weighted by Crippen LogP contribution is -2.61. The van der Waals surface area contributed by atoms with Crippen molar-refractivity contribution in [2.24, 2.45) is 5.41 Å². The molecule has 27 heavy (non-hydrogen) atoms. The van der Waals surface area contributed by atoms with Crippen molar-refractivity contribution in [3.05, 3.63) is 54.4 Å². The molecule has 0 amide bonds. The fraction of sp³-hybridized carbons (Fsp3) is 0.417. The normalized spacial score (nSPS) is 29.6. The van der Waals surface area contributed by atoms with Gasteiger partial charge in [0.15, 0.2) is 5.58 Å². The number of hydrogen-bond acceptors (Lipinski definition) is 3. The number of hydrogen-bond donors (Lipinski definition) is 0. The number of nitrogens with zero attached hydrogens (tertiary/aromatic N) is 2. The Balaban J connectivity index is 1.91. The van der Waals surface area contributed by atoms with E-state index < -0.39 is 0 Å². The second kappa shape index (κ2) is 5.31. The van der Waals surface area contributed by atoms with Gasteiger partial charge in [0.1, 0.15) is 11.7 Å². The van der Waals surface area contributed by atoms with Crippen molar-refractivity contribution < 1.29 is 4.42 Å². The number of fused-ring (bicyclic) bond motifs is 7. The van der Waals surface area contributed by atoms with E-state index in [2.05, 4.69) is 87.3 Å². The molecule has 1 aromatic heterocycles. The molecule has 0 aliphatic carbocycles. The molecule has 0 fully saturated rings. The van der Waals surface area contributed by atoms with E-state index >= 15 is 0 Å². The Hall–Kier alpha value is -2.42. The predicted octanol–water partition coefficient (Wildman–Crippen LogP) is 6.23. The van der Waals surface area contributed by atoms with Crippen LogP contribution in [0.5, 0.6) is 0 Å². The summed E-state index contributed by atoms with van der Waals surface area (Å²) in [6, 6.07) is 13.0. The van der Waals surface area contributed by atoms with Crippen molar-refractivity contribution in [1.82, 2.24) is 4.90 Å². The Morgan fingerprint density at radius 3 is 2.48 bits per heavy atom. The van der Waals surface area contributed by atoms with Crippen LogP contribution in [0, 0.1) is 5.41 Å². The minimum atomic E-state index is 0.0751. The van der Waals surface area contributed by atoms with E-state index in [-0.39, 0.29) is 10.8 Å². The maximum atomic E-state index is 6.44. The summed E-state index contributed by atoms with van der Waals surface area (Å²) < 4.78 is 6.44. The standard InChI is InChI=1S/C24H28N2O/c1-6-23(3)18-13-12-17-16-10-8-9-11-19(16)27-21(17)20(18)26-15-14-25(5)22(26)24(23,4)7-2/h8-15,22H,6-7H2,1-5H3/t22-,23?,24+/m1/s1. The molecule has 1 unspecified atom stereocenters. The summed E-state index contributed by atoms with van der Waals surface area (Å²) in [6.07, 6.45) is 6.99. The van der Waals surface area contributed by atoms with Crippen molar-refractivity contribution in [3.8, 4) is 0 Å². The SMILES string of the molecule is CCC1(C)c2ccc3c(oc4ccccc43)c2N2C=CN(C)[C@H]2[C@]1(C)CC. The van der Waals surface area contributed by atoms with Crippen LogP contribution >= 0.6 is 0 Å². The highest BCUT2D eigenvalue weighted by Crippen LogP contribution is 2.60. The molecule has 3 aromatic rings. The van der Waals surface area contributed by atoms with Crippen LogP contribution in [0.15, 0.2) is 53.2 Å². The fourth-order valence-electron chi connectivity index (χ4n) is 5.73. The number of benzene rings is 2. The molecule has 140 valence electrons. The van der Waals surface area contributed by atoms with Crippen LogP contribution in [0.1, 0.15) is 46.1 Å². The molecule has 3 heteroatoms. The topological polar surface area (TPSA) is 19.6 Å². The third kappa shape index (κ3) is 1.82. The number of anilines is 1. The van der Waals surface area contributed by atoms with Gasteiger partial charge in [-0.2, -0.15) is 0 Å². The van der Waals surface area contributed by atoms with E-state index in [9.17, 15) is 0 Å². The summed E-state index contributed by atoms with van der Waals surface area (Å²) in [4.78, 5) is 4.84. The highest BCUT2D eigenvalue weighted by Gasteiger charge is 2.57. The van der Waals surface area contributed by atoms with Crippen molar-refractivity contribution in [2.45, 2.75) is 52.1 Å². The Morgan fingerprint density at radius 2 is 1.74 bits per heavy atom. The van der Waals surface area contributed by atoms with Gasteiger partial charge in [-0.3, -0.25) is 0 Å². The zero-order valence-corrected chi connectivity index (χ0v) is 16.9. The smallest absolute Gasteiger partial charge is 0.159 e. The Labute approximate surface area is 161 Å². The van der Waals surface area contributed by atoms with E-state index in [1.807, 2.05) is 6.07 Å². The van der Waals surface area contributed by atoms with Gasteiger partial charge in [-0.25, -0.2) is 0 Å². The summed E-state index contributed by atoms with van der Waals surface area (Å²) in [5.41, 5.74) is 4.87. The van der Waals surface area contributed by atoms with Gasteiger partial charge in [-0.15, -0.1) is 0 Å². The number of furan rings is 1. The third-order valence-electron chi connectivity index (χ3n) is 7.76.